The highest BCUT2D eigenvalue weighted by Crippen LogP contribution is 2.44. The van der Waals surface area contributed by atoms with E-state index in [0.29, 0.717) is 40.2 Å². The topological polar surface area (TPSA) is 104 Å². The fourth-order valence-electron chi connectivity index (χ4n) is 15.4. The number of hydrogen-bond donors (Lipinski definition) is 0. The second-order valence-electron chi connectivity index (χ2n) is 26.2. The van der Waals surface area contributed by atoms with Crippen molar-refractivity contribution in [1.29, 1.82) is 5.26 Å². The molecule has 0 aliphatic carbocycles. The summed E-state index contributed by atoms with van der Waals surface area (Å²) in [4.78, 5) is 26.8. The van der Waals surface area contributed by atoms with E-state index in [9.17, 15) is 5.26 Å². The lowest BCUT2D eigenvalue weighted by molar-refractivity contribution is 1.07. The largest absolute Gasteiger partial charge is 0.361 e. The summed E-state index contributed by atoms with van der Waals surface area (Å²) in [7, 11) is 0. The van der Waals surface area contributed by atoms with Crippen molar-refractivity contribution in [3.05, 3.63) is 374 Å². The number of rotatable bonds is 10. The van der Waals surface area contributed by atoms with Crippen LogP contribution in [0.25, 0.3) is 187 Å². The Labute approximate surface area is 609 Å². The third-order valence-corrected chi connectivity index (χ3v) is 20.1. The standard InChI is InChI=1S/C52H32N6.C43H25N5/c53-33-34-13-11-16-38(29-34)51-54-50(35-14-3-1-4-15-35)55-52(56-51)39-17-12-20-41(30-39)58-47-24-10-8-22-43(47)45-31-36(26-28-48(45)58)37-25-27-44-42-21-7-9-23-46(42)57(49(44)32-37)40-18-5-2-6-19-40;1-44-30-24-29(38-18-11-21-42(45-2)46-38)25-32(27-30)48-40-20-9-6-14-34(40)36-17-10-16-33(43(36)48)28-22-23-41-37(26-28)35-15-7-8-19-39(35)47(41)31-12-4-3-5-13-31/h1-32H;3-27H. The first kappa shape index (κ1) is 62.0. The van der Waals surface area contributed by atoms with Crippen LogP contribution in [0.5, 0.6) is 0 Å². The molecular weight excluding hydrogens is 1300 g/mol. The highest BCUT2D eigenvalue weighted by molar-refractivity contribution is 6.17. The number of hydrogen-bond acceptors (Lipinski definition) is 5. The molecule has 20 aromatic rings. The summed E-state index contributed by atoms with van der Waals surface area (Å²) in [5.74, 6) is 1.96. The third-order valence-electron chi connectivity index (χ3n) is 20.1. The molecule has 0 radical (unpaired) electrons. The smallest absolute Gasteiger partial charge is 0.270 e. The zero-order valence-corrected chi connectivity index (χ0v) is 56.8. The molecule has 106 heavy (non-hydrogen) atoms. The van der Waals surface area contributed by atoms with Gasteiger partial charge in [-0.05, 0) is 150 Å². The average Bonchev–Trinajstić information content (AvgIpc) is 1.60. The van der Waals surface area contributed by atoms with E-state index in [-0.39, 0.29) is 0 Å². The zero-order valence-electron chi connectivity index (χ0n) is 56.8. The van der Waals surface area contributed by atoms with Crippen molar-refractivity contribution in [3.8, 4) is 96.5 Å². The number of nitrogens with zero attached hydrogens (tertiary/aromatic N) is 11. The number of para-hydroxylation sites is 7. The van der Waals surface area contributed by atoms with Gasteiger partial charge in [0.05, 0.1) is 62.3 Å². The Bertz CT molecular complexity index is 7060. The second-order valence-corrected chi connectivity index (χ2v) is 26.2. The van der Waals surface area contributed by atoms with E-state index in [4.69, 9.17) is 28.1 Å². The molecule has 6 heterocycles. The first-order valence-corrected chi connectivity index (χ1v) is 35.0. The highest BCUT2D eigenvalue weighted by Gasteiger charge is 2.23. The predicted octanol–water partition coefficient (Wildman–Crippen LogP) is 24.3. The summed E-state index contributed by atoms with van der Waals surface area (Å²) in [6.07, 6.45) is 0. The highest BCUT2D eigenvalue weighted by atomic mass is 15.0. The normalized spacial score (nSPS) is 11.4. The van der Waals surface area contributed by atoms with Crippen molar-refractivity contribution in [1.82, 2.24) is 38.2 Å². The van der Waals surface area contributed by atoms with Crippen LogP contribution < -0.4 is 0 Å². The number of pyridine rings is 1. The average molecular weight is 1350 g/mol. The van der Waals surface area contributed by atoms with Crippen LogP contribution in [0, 0.1) is 24.5 Å². The van der Waals surface area contributed by atoms with Gasteiger partial charge in [-0.15, -0.1) is 4.98 Å². The zero-order chi connectivity index (χ0) is 70.8. The monoisotopic (exact) mass is 1350 g/mol. The molecule has 0 aliphatic heterocycles. The van der Waals surface area contributed by atoms with Gasteiger partial charge in [0.25, 0.3) is 5.82 Å². The first-order chi connectivity index (χ1) is 52.4. The van der Waals surface area contributed by atoms with E-state index in [2.05, 4.69) is 288 Å². The Balaban J connectivity index is 0.000000148. The molecule has 11 nitrogen and oxygen atoms in total. The lowest BCUT2D eigenvalue weighted by Crippen LogP contribution is -2.01. The molecule has 0 aliphatic rings. The maximum Gasteiger partial charge on any atom is 0.270 e. The van der Waals surface area contributed by atoms with Gasteiger partial charge in [-0.25, -0.2) is 19.8 Å². The molecule has 6 aromatic heterocycles. The Morgan fingerprint density at radius 3 is 1.34 bits per heavy atom. The molecule has 0 amide bonds. The Hall–Kier alpha value is -15.1. The molecule has 0 atom stereocenters. The van der Waals surface area contributed by atoms with E-state index >= 15 is 0 Å². The van der Waals surface area contributed by atoms with Gasteiger partial charge in [0.2, 0.25) is 0 Å². The molecule has 492 valence electrons. The number of nitriles is 1. The van der Waals surface area contributed by atoms with Crippen LogP contribution in [-0.4, -0.2) is 38.2 Å². The summed E-state index contributed by atoms with van der Waals surface area (Å²) < 4.78 is 9.30. The van der Waals surface area contributed by atoms with E-state index in [1.165, 1.54) is 48.9 Å². The van der Waals surface area contributed by atoms with Crippen molar-refractivity contribution in [2.75, 3.05) is 0 Å². The lowest BCUT2D eigenvalue weighted by Gasteiger charge is -2.14. The third kappa shape index (κ3) is 10.7. The summed E-state index contributed by atoms with van der Waals surface area (Å²) in [5.41, 5.74) is 22.7. The molecule has 20 rings (SSSR count). The molecule has 0 saturated heterocycles. The maximum absolute atomic E-state index is 9.62. The molecular formula is C95H57N11. The molecule has 0 saturated carbocycles. The van der Waals surface area contributed by atoms with Crippen molar-refractivity contribution < 1.29 is 0 Å². The van der Waals surface area contributed by atoms with Crippen molar-refractivity contribution in [2.24, 2.45) is 0 Å². The van der Waals surface area contributed by atoms with Gasteiger partial charge >= 0.3 is 0 Å². The molecule has 0 unspecified atom stereocenters. The van der Waals surface area contributed by atoms with Gasteiger partial charge in [-0.1, -0.05) is 219 Å². The van der Waals surface area contributed by atoms with Gasteiger partial charge in [0.1, 0.15) is 0 Å². The quantitative estimate of drug-likeness (QED) is 0.127. The van der Waals surface area contributed by atoms with Crippen molar-refractivity contribution in [2.45, 2.75) is 0 Å². The SMILES string of the molecule is N#Cc1cccc(-c2nc(-c3ccccc3)nc(-c3cccc(-n4c5ccccc5c5cc(-c6ccc7c8ccccc8n(-c8ccccc8)c7c6)ccc54)c3)n2)c1.[C-]#[N+]c1cc(-c2cccc([N+]#[C-])n2)cc(-n2c3ccccc3c3cccc(-c4ccc5c(c4)c4ccccc4n5-c4ccccc4)c32)c1. The van der Waals surface area contributed by atoms with Crippen LogP contribution >= 0.6 is 0 Å². The van der Waals surface area contributed by atoms with Gasteiger partial charge < -0.3 is 23.1 Å². The van der Waals surface area contributed by atoms with Crippen molar-refractivity contribution >= 4 is 98.7 Å². The van der Waals surface area contributed by atoms with Crippen LogP contribution in [0.3, 0.4) is 0 Å². The fraction of sp³-hybridized carbons (Fsp3) is 0. The summed E-state index contributed by atoms with van der Waals surface area (Å²) >= 11 is 0. The maximum atomic E-state index is 9.62. The molecule has 11 heteroatoms. The van der Waals surface area contributed by atoms with E-state index in [1.54, 1.807) is 12.1 Å². The van der Waals surface area contributed by atoms with Gasteiger partial charge in [-0.2, -0.15) is 5.26 Å². The molecule has 14 aromatic carbocycles. The van der Waals surface area contributed by atoms with Gasteiger partial charge in [-0.3, -0.25) is 0 Å². The van der Waals surface area contributed by atoms with Crippen LogP contribution in [0.1, 0.15) is 5.56 Å². The summed E-state index contributed by atoms with van der Waals surface area (Å²) in [6.45, 7) is 15.4. The molecule has 0 N–H and O–H groups in total. The Kier molecular flexibility index (Phi) is 15.1. The molecule has 0 bridgehead atoms. The fourth-order valence-corrected chi connectivity index (χ4v) is 15.4. The van der Waals surface area contributed by atoms with Crippen LogP contribution in [0.4, 0.5) is 11.5 Å². The Morgan fingerprint density at radius 1 is 0.264 bits per heavy atom. The predicted molar refractivity (Wildman–Crippen MR) is 431 cm³/mol. The molecule has 0 fully saturated rings. The number of benzene rings is 14. The van der Waals surface area contributed by atoms with Crippen LogP contribution in [-0.2, 0) is 0 Å². The Morgan fingerprint density at radius 2 is 0.708 bits per heavy atom. The van der Waals surface area contributed by atoms with E-state index in [1.807, 2.05) is 84.9 Å². The summed E-state index contributed by atoms with van der Waals surface area (Å²) in [6, 6.07) is 121. The minimum absolute atomic E-state index is 0.324. The number of fused-ring (bicyclic) bond motifs is 12. The van der Waals surface area contributed by atoms with Crippen molar-refractivity contribution in [3.63, 3.8) is 0 Å². The van der Waals surface area contributed by atoms with Gasteiger partial charge in [0, 0.05) is 93.7 Å². The van der Waals surface area contributed by atoms with Gasteiger partial charge in [0.15, 0.2) is 28.9 Å². The van der Waals surface area contributed by atoms with E-state index in [0.717, 1.165) is 106 Å². The molecule has 0 spiro atoms. The van der Waals surface area contributed by atoms with E-state index < -0.39 is 0 Å². The minimum atomic E-state index is 0.324. The van der Waals surface area contributed by atoms with Crippen LogP contribution in [0.15, 0.2) is 346 Å². The second kappa shape index (κ2) is 25.8. The lowest BCUT2D eigenvalue weighted by atomic mass is 9.99. The minimum Gasteiger partial charge on any atom is -0.361 e. The summed E-state index contributed by atoms with van der Waals surface area (Å²) in [5, 5.41) is 19.1. The van der Waals surface area contributed by atoms with Crippen LogP contribution in [0.2, 0.25) is 0 Å². The number of aromatic nitrogens is 8. The first-order valence-electron chi connectivity index (χ1n) is 35.0.